The van der Waals surface area contributed by atoms with E-state index in [1.807, 2.05) is 0 Å². The van der Waals surface area contributed by atoms with Crippen molar-refractivity contribution in [3.05, 3.63) is 65.7 Å². The van der Waals surface area contributed by atoms with E-state index >= 15 is 0 Å². The van der Waals surface area contributed by atoms with Crippen LogP contribution in [0.25, 0.3) is 0 Å². The summed E-state index contributed by atoms with van der Waals surface area (Å²) in [6.07, 6.45) is 7.51. The predicted molar refractivity (Wildman–Crippen MR) is 132 cm³/mol. The fourth-order valence-corrected chi connectivity index (χ4v) is 6.82. The van der Waals surface area contributed by atoms with Crippen LogP contribution in [0.2, 0.25) is 0 Å². The molecule has 182 valence electrons. The minimum Gasteiger partial charge on any atom is -0.493 e. The lowest BCUT2D eigenvalue weighted by Crippen LogP contribution is -2.38. The topological polar surface area (TPSA) is 75.7 Å². The summed E-state index contributed by atoms with van der Waals surface area (Å²) in [6.45, 7) is 4.08. The molecule has 1 amide bonds. The average Bonchev–Trinajstić information content (AvgIpc) is 3.64. The Bertz CT molecular complexity index is 1090. The summed E-state index contributed by atoms with van der Waals surface area (Å²) >= 11 is 0. The van der Waals surface area contributed by atoms with E-state index in [0.717, 1.165) is 12.3 Å². The molecule has 2 aromatic rings. The maximum atomic E-state index is 12.2. The van der Waals surface area contributed by atoms with Crippen LogP contribution in [0.4, 0.5) is 0 Å². The molecule has 1 aliphatic heterocycles. The highest BCUT2D eigenvalue weighted by atomic mass is 32.2. The third-order valence-electron chi connectivity index (χ3n) is 7.77. The first-order valence-electron chi connectivity index (χ1n) is 12.5. The minimum atomic E-state index is -3.53. The van der Waals surface area contributed by atoms with Gasteiger partial charge in [0.15, 0.2) is 0 Å². The van der Waals surface area contributed by atoms with Crippen molar-refractivity contribution >= 4 is 15.9 Å². The Morgan fingerprint density at radius 2 is 1.68 bits per heavy atom. The zero-order chi connectivity index (χ0) is 23.6. The predicted octanol–water partition coefficient (Wildman–Crippen LogP) is 4.37. The normalized spacial score (nSPS) is 22.5. The van der Waals surface area contributed by atoms with Crippen LogP contribution in [0.15, 0.2) is 54.6 Å². The van der Waals surface area contributed by atoms with Crippen LogP contribution in [-0.2, 0) is 16.6 Å². The van der Waals surface area contributed by atoms with Crippen LogP contribution in [0, 0.1) is 11.3 Å². The number of piperidine rings is 1. The number of amides is 1. The number of benzene rings is 2. The Hall–Kier alpha value is -2.38. The van der Waals surface area contributed by atoms with Gasteiger partial charge in [-0.1, -0.05) is 30.3 Å². The van der Waals surface area contributed by atoms with Gasteiger partial charge in [-0.3, -0.25) is 9.69 Å². The number of carbonyl (C=O) groups excluding carboxylic acids is 1. The quantitative estimate of drug-likeness (QED) is 0.605. The summed E-state index contributed by atoms with van der Waals surface area (Å²) in [5.41, 5.74) is 2.19. The SMILES string of the molecule is O=C(NS(=O)(=O)C1CC1)c1ccc(OCC2CCC3(CCN(Cc4ccccc4)CC3)C2)cc1. The smallest absolute Gasteiger partial charge is 0.264 e. The van der Waals surface area contributed by atoms with Gasteiger partial charge in [-0.15, -0.1) is 0 Å². The molecule has 3 aliphatic rings. The molecule has 7 heteroatoms. The van der Waals surface area contributed by atoms with Gasteiger partial charge in [-0.2, -0.15) is 0 Å². The number of hydrogen-bond acceptors (Lipinski definition) is 5. The highest BCUT2D eigenvalue weighted by Gasteiger charge is 2.41. The number of sulfonamides is 1. The second kappa shape index (κ2) is 9.70. The van der Waals surface area contributed by atoms with E-state index in [0.29, 0.717) is 36.3 Å². The summed E-state index contributed by atoms with van der Waals surface area (Å²) < 4.78 is 32.1. The summed E-state index contributed by atoms with van der Waals surface area (Å²) in [4.78, 5) is 14.8. The Morgan fingerprint density at radius 1 is 0.971 bits per heavy atom. The third kappa shape index (κ3) is 5.63. The molecule has 2 saturated carbocycles. The highest BCUT2D eigenvalue weighted by Crippen LogP contribution is 2.49. The van der Waals surface area contributed by atoms with Gasteiger partial charge in [-0.25, -0.2) is 13.1 Å². The fraction of sp³-hybridized carbons (Fsp3) is 0.519. The molecule has 3 fully saturated rings. The maximum absolute atomic E-state index is 12.2. The van der Waals surface area contributed by atoms with Crippen molar-refractivity contribution in [2.45, 2.75) is 56.7 Å². The molecule has 1 N–H and O–H groups in total. The van der Waals surface area contributed by atoms with E-state index < -0.39 is 21.2 Å². The summed E-state index contributed by atoms with van der Waals surface area (Å²) in [6, 6.07) is 17.5. The van der Waals surface area contributed by atoms with Gasteiger partial charge in [0.2, 0.25) is 10.0 Å². The second-order valence-corrected chi connectivity index (χ2v) is 12.3. The third-order valence-corrected chi connectivity index (χ3v) is 9.59. The van der Waals surface area contributed by atoms with Gasteiger partial charge < -0.3 is 4.74 Å². The number of nitrogens with one attached hydrogen (secondary N) is 1. The molecule has 0 bridgehead atoms. The van der Waals surface area contributed by atoms with Crippen molar-refractivity contribution in [2.24, 2.45) is 11.3 Å². The molecular weight excluding hydrogens is 448 g/mol. The van der Waals surface area contributed by atoms with Crippen molar-refractivity contribution in [3.63, 3.8) is 0 Å². The van der Waals surface area contributed by atoms with Crippen LogP contribution in [-0.4, -0.2) is 44.2 Å². The number of hydrogen-bond donors (Lipinski definition) is 1. The summed E-state index contributed by atoms with van der Waals surface area (Å²) in [7, 11) is -3.53. The molecule has 1 spiro atoms. The van der Waals surface area contributed by atoms with Gasteiger partial charge in [-0.05, 0) is 99.2 Å². The Labute approximate surface area is 202 Å². The van der Waals surface area contributed by atoms with Gasteiger partial charge in [0.05, 0.1) is 11.9 Å². The van der Waals surface area contributed by atoms with E-state index in [-0.39, 0.29) is 0 Å². The second-order valence-electron chi connectivity index (χ2n) is 10.4. The van der Waals surface area contributed by atoms with Crippen LogP contribution < -0.4 is 9.46 Å². The van der Waals surface area contributed by atoms with Gasteiger partial charge in [0.25, 0.3) is 5.91 Å². The largest absolute Gasteiger partial charge is 0.493 e. The van der Waals surface area contributed by atoms with E-state index in [9.17, 15) is 13.2 Å². The van der Waals surface area contributed by atoms with Gasteiger partial charge in [0.1, 0.15) is 5.75 Å². The molecule has 34 heavy (non-hydrogen) atoms. The zero-order valence-corrected chi connectivity index (χ0v) is 20.4. The van der Waals surface area contributed by atoms with Crippen molar-refractivity contribution in [1.29, 1.82) is 0 Å². The number of likely N-dealkylation sites (tertiary alicyclic amines) is 1. The molecule has 0 radical (unpaired) electrons. The van der Waals surface area contributed by atoms with Crippen molar-refractivity contribution < 1.29 is 17.9 Å². The molecule has 5 rings (SSSR count). The zero-order valence-electron chi connectivity index (χ0n) is 19.6. The number of nitrogens with zero attached hydrogens (tertiary/aromatic N) is 1. The van der Waals surface area contributed by atoms with Gasteiger partial charge in [0, 0.05) is 12.1 Å². The van der Waals surface area contributed by atoms with E-state index in [4.69, 9.17) is 4.74 Å². The lowest BCUT2D eigenvalue weighted by Gasteiger charge is -2.39. The molecular formula is C27H34N2O4S. The monoisotopic (exact) mass is 482 g/mol. The highest BCUT2D eigenvalue weighted by molar-refractivity contribution is 7.91. The first kappa shape index (κ1) is 23.4. The fourth-order valence-electron chi connectivity index (χ4n) is 5.52. The van der Waals surface area contributed by atoms with Crippen LogP contribution in [0.5, 0.6) is 5.75 Å². The van der Waals surface area contributed by atoms with Crippen LogP contribution in [0.1, 0.15) is 60.9 Å². The van der Waals surface area contributed by atoms with Crippen molar-refractivity contribution in [3.8, 4) is 5.75 Å². The minimum absolute atomic E-state index is 0.332. The summed E-state index contributed by atoms with van der Waals surface area (Å²) in [5, 5.41) is -0.412. The maximum Gasteiger partial charge on any atom is 0.264 e. The molecule has 6 nitrogen and oxygen atoms in total. The Kier molecular flexibility index (Phi) is 6.67. The summed E-state index contributed by atoms with van der Waals surface area (Å²) in [5.74, 6) is 0.711. The molecule has 2 aliphatic carbocycles. The molecule has 2 aromatic carbocycles. The van der Waals surface area contributed by atoms with E-state index in [1.165, 1.54) is 50.8 Å². The van der Waals surface area contributed by atoms with E-state index in [2.05, 4.69) is 40.0 Å². The molecule has 1 heterocycles. The molecule has 1 saturated heterocycles. The van der Waals surface area contributed by atoms with Gasteiger partial charge >= 0.3 is 0 Å². The Morgan fingerprint density at radius 3 is 2.35 bits per heavy atom. The number of rotatable bonds is 8. The van der Waals surface area contributed by atoms with E-state index in [1.54, 1.807) is 24.3 Å². The molecule has 0 aromatic heterocycles. The first-order valence-corrected chi connectivity index (χ1v) is 14.0. The lowest BCUT2D eigenvalue weighted by molar-refractivity contribution is 0.0963. The first-order chi connectivity index (χ1) is 16.4. The molecule has 1 unspecified atom stereocenters. The van der Waals surface area contributed by atoms with Crippen LogP contribution in [0.3, 0.4) is 0 Å². The molecule has 1 atom stereocenters. The number of carbonyl (C=O) groups is 1. The lowest BCUT2D eigenvalue weighted by atomic mass is 9.76. The Balaban J connectivity index is 1.06. The van der Waals surface area contributed by atoms with Crippen molar-refractivity contribution in [1.82, 2.24) is 9.62 Å². The standard InChI is InChI=1S/C27H34N2O4S/c30-26(28-34(31,32)25-10-11-25)23-6-8-24(9-7-23)33-20-22-12-13-27(18-22)14-16-29(17-15-27)19-21-4-2-1-3-5-21/h1-9,22,25H,10-20H2,(H,28,30). The van der Waals surface area contributed by atoms with Crippen molar-refractivity contribution in [2.75, 3.05) is 19.7 Å². The van der Waals surface area contributed by atoms with Crippen LogP contribution >= 0.6 is 0 Å². The average molecular weight is 483 g/mol. The number of ether oxygens (including phenoxy) is 1.